The minimum Gasteiger partial charge on any atom is -0.504 e. The summed E-state index contributed by atoms with van der Waals surface area (Å²) in [5.41, 5.74) is 0.370. The highest BCUT2D eigenvalue weighted by molar-refractivity contribution is 9.10. The zero-order valence-corrected chi connectivity index (χ0v) is 13.0. The van der Waals surface area contributed by atoms with Crippen molar-refractivity contribution in [3.63, 3.8) is 0 Å². The van der Waals surface area contributed by atoms with Gasteiger partial charge in [0.05, 0.1) is 17.1 Å². The first-order valence-electron chi connectivity index (χ1n) is 6.30. The summed E-state index contributed by atoms with van der Waals surface area (Å²) < 4.78 is 24.1. The fraction of sp³-hybridized carbons (Fsp3) is 0.0625. The molecule has 0 saturated heterocycles. The Kier molecular flexibility index (Phi) is 3.62. The number of hydrogen-bond acceptors (Lipinski definition) is 4. The summed E-state index contributed by atoms with van der Waals surface area (Å²) in [5.74, 6) is -0.251. The molecule has 4 nitrogen and oxygen atoms in total. The molecule has 0 atom stereocenters. The smallest absolute Gasteiger partial charge is 0.344 e. The van der Waals surface area contributed by atoms with Gasteiger partial charge in [-0.25, -0.2) is 9.18 Å². The van der Waals surface area contributed by atoms with Gasteiger partial charge in [-0.15, -0.1) is 0 Å². The molecule has 112 valence electrons. The molecule has 6 heteroatoms. The molecule has 0 spiro atoms. The number of methoxy groups -OCH3 is 1. The van der Waals surface area contributed by atoms with Crippen LogP contribution < -0.4 is 10.4 Å². The minimum absolute atomic E-state index is 0.0973. The van der Waals surface area contributed by atoms with Crippen molar-refractivity contribution < 1.29 is 18.7 Å². The maximum absolute atomic E-state index is 13.5. The highest BCUT2D eigenvalue weighted by Crippen LogP contribution is 2.32. The predicted molar refractivity (Wildman–Crippen MR) is 83.8 cm³/mol. The number of phenols is 1. The molecule has 0 amide bonds. The van der Waals surface area contributed by atoms with Gasteiger partial charge in [0.1, 0.15) is 5.82 Å². The summed E-state index contributed by atoms with van der Waals surface area (Å²) in [4.78, 5) is 12.1. The summed E-state index contributed by atoms with van der Waals surface area (Å²) in [6, 6.07) is 8.57. The van der Waals surface area contributed by atoms with Gasteiger partial charge in [0, 0.05) is 5.39 Å². The molecule has 3 rings (SSSR count). The Morgan fingerprint density at radius 1 is 1.23 bits per heavy atom. The number of rotatable bonds is 2. The van der Waals surface area contributed by atoms with Crippen LogP contribution in [-0.2, 0) is 0 Å². The number of fused-ring (bicyclic) bond motifs is 1. The molecule has 2 aromatic carbocycles. The van der Waals surface area contributed by atoms with Crippen LogP contribution in [0.1, 0.15) is 0 Å². The molecule has 0 aliphatic carbocycles. The van der Waals surface area contributed by atoms with Gasteiger partial charge in [-0.3, -0.25) is 0 Å². The van der Waals surface area contributed by atoms with E-state index in [-0.39, 0.29) is 16.9 Å². The third kappa shape index (κ3) is 2.46. The molecule has 0 radical (unpaired) electrons. The molecule has 0 aliphatic heterocycles. The van der Waals surface area contributed by atoms with Gasteiger partial charge in [-0.2, -0.15) is 0 Å². The summed E-state index contributed by atoms with van der Waals surface area (Å²) in [7, 11) is 1.43. The van der Waals surface area contributed by atoms with Crippen LogP contribution in [0.4, 0.5) is 4.39 Å². The van der Waals surface area contributed by atoms with E-state index in [2.05, 4.69) is 15.9 Å². The van der Waals surface area contributed by atoms with E-state index in [1.807, 2.05) is 0 Å². The summed E-state index contributed by atoms with van der Waals surface area (Å²) in [5, 5.41) is 10.3. The van der Waals surface area contributed by atoms with Crippen molar-refractivity contribution in [1.29, 1.82) is 0 Å². The second-order valence-corrected chi connectivity index (χ2v) is 5.49. The molecule has 1 aromatic heterocycles. The highest BCUT2D eigenvalue weighted by Gasteiger charge is 2.13. The lowest BCUT2D eigenvalue weighted by Crippen LogP contribution is -2.03. The number of benzene rings is 2. The molecule has 1 N–H and O–H groups in total. The molecule has 0 bridgehead atoms. The molecule has 0 unspecified atom stereocenters. The van der Waals surface area contributed by atoms with Crippen molar-refractivity contribution in [2.75, 3.05) is 7.11 Å². The van der Waals surface area contributed by atoms with Crippen LogP contribution in [0.3, 0.4) is 0 Å². The lowest BCUT2D eigenvalue weighted by Gasteiger charge is -2.07. The predicted octanol–water partition coefficient (Wildman–Crippen LogP) is 4.08. The van der Waals surface area contributed by atoms with Gasteiger partial charge >= 0.3 is 5.63 Å². The Morgan fingerprint density at radius 3 is 2.68 bits per heavy atom. The highest BCUT2D eigenvalue weighted by atomic mass is 79.9. The first-order valence-corrected chi connectivity index (χ1v) is 7.09. The van der Waals surface area contributed by atoms with Crippen LogP contribution in [-0.4, -0.2) is 12.2 Å². The third-order valence-corrected chi connectivity index (χ3v) is 3.83. The average molecular weight is 365 g/mol. The van der Waals surface area contributed by atoms with E-state index in [4.69, 9.17) is 9.15 Å². The van der Waals surface area contributed by atoms with E-state index in [0.717, 1.165) is 0 Å². The van der Waals surface area contributed by atoms with Crippen LogP contribution in [0.15, 0.2) is 50.1 Å². The van der Waals surface area contributed by atoms with E-state index in [9.17, 15) is 14.3 Å². The number of hydrogen-bond donors (Lipinski definition) is 1. The van der Waals surface area contributed by atoms with E-state index in [1.165, 1.54) is 37.4 Å². The van der Waals surface area contributed by atoms with Gasteiger partial charge in [-0.1, -0.05) is 6.07 Å². The lowest BCUT2D eigenvalue weighted by atomic mass is 10.1. The van der Waals surface area contributed by atoms with Gasteiger partial charge < -0.3 is 14.3 Å². The number of aromatic hydroxyl groups is 1. The first kappa shape index (κ1) is 14.6. The molecule has 0 fully saturated rings. The zero-order chi connectivity index (χ0) is 15.9. The lowest BCUT2D eigenvalue weighted by molar-refractivity contribution is 0.373. The van der Waals surface area contributed by atoms with Gasteiger partial charge in [-0.05, 0) is 51.8 Å². The molecular formula is C16H10BrFO4. The second kappa shape index (κ2) is 5.46. The maximum Gasteiger partial charge on any atom is 0.344 e. The van der Waals surface area contributed by atoms with Gasteiger partial charge in [0.25, 0.3) is 0 Å². The Hall–Kier alpha value is -2.34. The van der Waals surface area contributed by atoms with Gasteiger partial charge in [0.2, 0.25) is 0 Å². The quantitative estimate of drug-likeness (QED) is 0.696. The monoisotopic (exact) mass is 364 g/mol. The molecule has 22 heavy (non-hydrogen) atoms. The average Bonchev–Trinajstić information content (AvgIpc) is 2.47. The van der Waals surface area contributed by atoms with E-state index < -0.39 is 11.4 Å². The van der Waals surface area contributed by atoms with E-state index >= 15 is 0 Å². The molecule has 1 heterocycles. The fourth-order valence-electron chi connectivity index (χ4n) is 2.22. The maximum atomic E-state index is 13.5. The minimum atomic E-state index is -0.579. The zero-order valence-electron chi connectivity index (χ0n) is 11.4. The molecule has 0 saturated carbocycles. The molecular weight excluding hydrogens is 355 g/mol. The first-order chi connectivity index (χ1) is 10.5. The Morgan fingerprint density at radius 2 is 2.00 bits per heavy atom. The summed E-state index contributed by atoms with van der Waals surface area (Å²) >= 11 is 3.16. The van der Waals surface area contributed by atoms with Crippen LogP contribution >= 0.6 is 15.9 Å². The third-order valence-electron chi connectivity index (χ3n) is 3.24. The Balaban J connectivity index is 2.25. The fourth-order valence-corrected chi connectivity index (χ4v) is 2.74. The summed E-state index contributed by atoms with van der Waals surface area (Å²) in [6.07, 6.45) is 0. The second-order valence-electron chi connectivity index (χ2n) is 4.64. The van der Waals surface area contributed by atoms with Crippen molar-refractivity contribution in [2.24, 2.45) is 0 Å². The van der Waals surface area contributed by atoms with Crippen molar-refractivity contribution in [3.05, 3.63) is 57.1 Å². The standard InChI is InChI=1S/C16H10BrFO4/c1-21-14-3-2-8(6-13(14)19)11-5-9-4-10(18)7-12(17)15(9)22-16(11)20/h2-7,19H,1H3. The number of ether oxygens (including phenoxy) is 1. The van der Waals surface area contributed by atoms with Crippen LogP contribution in [0.25, 0.3) is 22.1 Å². The normalized spacial score (nSPS) is 10.9. The number of halogens is 2. The van der Waals surface area contributed by atoms with Crippen LogP contribution in [0, 0.1) is 5.82 Å². The van der Waals surface area contributed by atoms with Crippen molar-refractivity contribution >= 4 is 26.9 Å². The van der Waals surface area contributed by atoms with Crippen molar-refractivity contribution in [2.45, 2.75) is 0 Å². The largest absolute Gasteiger partial charge is 0.504 e. The van der Waals surface area contributed by atoms with E-state index in [0.29, 0.717) is 21.2 Å². The summed E-state index contributed by atoms with van der Waals surface area (Å²) in [6.45, 7) is 0. The molecule has 0 aliphatic rings. The SMILES string of the molecule is COc1ccc(-c2cc3cc(F)cc(Br)c3oc2=O)cc1O. The Bertz CT molecular complexity index is 933. The van der Waals surface area contributed by atoms with Crippen molar-refractivity contribution in [1.82, 2.24) is 0 Å². The van der Waals surface area contributed by atoms with Crippen LogP contribution in [0.5, 0.6) is 11.5 Å². The van der Waals surface area contributed by atoms with Crippen molar-refractivity contribution in [3.8, 4) is 22.6 Å². The Labute approximate surface area is 132 Å². The van der Waals surface area contributed by atoms with E-state index in [1.54, 1.807) is 6.07 Å². The van der Waals surface area contributed by atoms with Crippen LogP contribution in [0.2, 0.25) is 0 Å². The topological polar surface area (TPSA) is 59.7 Å². The van der Waals surface area contributed by atoms with Gasteiger partial charge in [0.15, 0.2) is 17.1 Å². The molecule has 3 aromatic rings. The number of phenolic OH excluding ortho intramolecular Hbond substituents is 1.